The van der Waals surface area contributed by atoms with Gasteiger partial charge in [0.2, 0.25) is 0 Å². The minimum absolute atomic E-state index is 0.0997. The van der Waals surface area contributed by atoms with Crippen molar-refractivity contribution >= 4 is 5.82 Å². The quantitative estimate of drug-likeness (QED) is 0.751. The summed E-state index contributed by atoms with van der Waals surface area (Å²) in [5.41, 5.74) is 6.00. The van der Waals surface area contributed by atoms with Crippen LogP contribution in [0.3, 0.4) is 0 Å². The molecule has 100 valence electrons. The Morgan fingerprint density at radius 3 is 3.00 bits per heavy atom. The molecule has 2 atom stereocenters. The highest BCUT2D eigenvalue weighted by atomic mass is 16.1. The van der Waals surface area contributed by atoms with Crippen molar-refractivity contribution < 1.29 is 0 Å². The van der Waals surface area contributed by atoms with Crippen molar-refractivity contribution in [3.05, 3.63) is 22.2 Å². The molecule has 1 fully saturated rings. The fourth-order valence-corrected chi connectivity index (χ4v) is 2.49. The second-order valence-electron chi connectivity index (χ2n) is 5.02. The van der Waals surface area contributed by atoms with E-state index in [1.54, 1.807) is 0 Å². The number of hydrogen-bond donors (Lipinski definition) is 3. The maximum Gasteiger partial charge on any atom is 0.252 e. The average molecular weight is 250 g/mol. The van der Waals surface area contributed by atoms with Gasteiger partial charge in [-0.1, -0.05) is 19.8 Å². The Balaban J connectivity index is 1.97. The highest BCUT2D eigenvalue weighted by Gasteiger charge is 2.21. The first kappa shape index (κ1) is 13.1. The van der Waals surface area contributed by atoms with Crippen LogP contribution < -0.4 is 16.6 Å². The van der Waals surface area contributed by atoms with Gasteiger partial charge in [0.05, 0.1) is 0 Å². The number of nitrogens with two attached hydrogens (primary N) is 1. The zero-order valence-corrected chi connectivity index (χ0v) is 10.9. The number of anilines is 1. The van der Waals surface area contributed by atoms with Crippen molar-refractivity contribution in [3.8, 4) is 0 Å². The zero-order chi connectivity index (χ0) is 13.0. The van der Waals surface area contributed by atoms with Gasteiger partial charge in [-0.05, 0) is 18.8 Å². The summed E-state index contributed by atoms with van der Waals surface area (Å²) in [6.45, 7) is 2.78. The molecular weight excluding hydrogens is 228 g/mol. The van der Waals surface area contributed by atoms with E-state index in [-0.39, 0.29) is 11.6 Å². The molecule has 1 aromatic heterocycles. The van der Waals surface area contributed by atoms with Gasteiger partial charge in [0.15, 0.2) is 0 Å². The molecule has 1 saturated carbocycles. The number of hydrogen-bond acceptors (Lipinski definition) is 4. The van der Waals surface area contributed by atoms with Crippen LogP contribution in [0.25, 0.3) is 0 Å². The molecule has 0 spiro atoms. The first-order valence-corrected chi connectivity index (χ1v) is 6.78. The molecule has 5 nitrogen and oxygen atoms in total. The topological polar surface area (TPSA) is 83.8 Å². The molecule has 2 rings (SSSR count). The number of H-pyrrole nitrogens is 1. The Hall–Kier alpha value is -1.36. The van der Waals surface area contributed by atoms with Crippen LogP contribution in [0.2, 0.25) is 0 Å². The summed E-state index contributed by atoms with van der Waals surface area (Å²) in [7, 11) is 0. The predicted molar refractivity (Wildman–Crippen MR) is 72.7 cm³/mol. The van der Waals surface area contributed by atoms with Gasteiger partial charge in [-0.15, -0.1) is 0 Å². The molecule has 0 bridgehead atoms. The predicted octanol–water partition coefficient (Wildman–Crippen LogP) is 1.26. The van der Waals surface area contributed by atoms with Crippen LogP contribution in [-0.4, -0.2) is 22.6 Å². The van der Waals surface area contributed by atoms with E-state index in [4.69, 9.17) is 5.73 Å². The summed E-state index contributed by atoms with van der Waals surface area (Å²) in [5, 5.41) is 3.25. The highest BCUT2D eigenvalue weighted by molar-refractivity contribution is 5.33. The Morgan fingerprint density at radius 1 is 1.50 bits per heavy atom. The number of nitrogens with zero attached hydrogens (tertiary/aromatic N) is 1. The van der Waals surface area contributed by atoms with Crippen LogP contribution in [0.1, 0.15) is 38.4 Å². The molecule has 4 N–H and O–H groups in total. The standard InChI is InChI=1S/C13H22N4O/c1-2-11-16-12(7-13(18)17-11)15-8-9-5-3-4-6-10(9)14/h7,9-10H,2-6,8,14H2,1H3,(H2,15,16,17,18). The van der Waals surface area contributed by atoms with Crippen molar-refractivity contribution in [2.75, 3.05) is 11.9 Å². The minimum Gasteiger partial charge on any atom is -0.370 e. The van der Waals surface area contributed by atoms with Crippen LogP contribution in [0.15, 0.2) is 10.9 Å². The molecule has 18 heavy (non-hydrogen) atoms. The zero-order valence-electron chi connectivity index (χ0n) is 10.9. The van der Waals surface area contributed by atoms with E-state index in [0.29, 0.717) is 11.7 Å². The van der Waals surface area contributed by atoms with Crippen molar-refractivity contribution in [1.82, 2.24) is 9.97 Å². The Bertz CT molecular complexity index is 443. The maximum atomic E-state index is 11.4. The minimum atomic E-state index is -0.0997. The number of aromatic nitrogens is 2. The Labute approximate surface area is 107 Å². The van der Waals surface area contributed by atoms with Gasteiger partial charge in [-0.25, -0.2) is 4.98 Å². The second kappa shape index (κ2) is 6.00. The van der Waals surface area contributed by atoms with E-state index in [1.165, 1.54) is 18.9 Å². The second-order valence-corrected chi connectivity index (χ2v) is 5.02. The number of aromatic amines is 1. The molecule has 1 aliphatic carbocycles. The van der Waals surface area contributed by atoms with E-state index in [2.05, 4.69) is 15.3 Å². The van der Waals surface area contributed by atoms with E-state index in [0.717, 1.165) is 31.6 Å². The summed E-state index contributed by atoms with van der Waals surface area (Å²) in [6, 6.07) is 1.78. The van der Waals surface area contributed by atoms with Crippen molar-refractivity contribution in [2.24, 2.45) is 11.7 Å². The number of aryl methyl sites for hydroxylation is 1. The SMILES string of the molecule is CCc1nc(NCC2CCCCC2N)cc(=O)[nH]1. The van der Waals surface area contributed by atoms with E-state index >= 15 is 0 Å². The van der Waals surface area contributed by atoms with Crippen LogP contribution in [-0.2, 0) is 6.42 Å². The fraction of sp³-hybridized carbons (Fsp3) is 0.692. The van der Waals surface area contributed by atoms with Gasteiger partial charge in [0.1, 0.15) is 11.6 Å². The van der Waals surface area contributed by atoms with Gasteiger partial charge in [0.25, 0.3) is 5.56 Å². The lowest BCUT2D eigenvalue weighted by molar-refractivity contribution is 0.321. The molecule has 5 heteroatoms. The first-order valence-electron chi connectivity index (χ1n) is 6.78. The molecule has 2 unspecified atom stereocenters. The fourth-order valence-electron chi connectivity index (χ4n) is 2.49. The molecule has 0 amide bonds. The molecule has 0 radical (unpaired) electrons. The van der Waals surface area contributed by atoms with Crippen molar-refractivity contribution in [1.29, 1.82) is 0 Å². The summed E-state index contributed by atoms with van der Waals surface area (Å²) in [4.78, 5) is 18.5. The summed E-state index contributed by atoms with van der Waals surface area (Å²) >= 11 is 0. The molecule has 1 aromatic rings. The lowest BCUT2D eigenvalue weighted by Crippen LogP contribution is -2.37. The Morgan fingerprint density at radius 2 is 2.28 bits per heavy atom. The van der Waals surface area contributed by atoms with E-state index < -0.39 is 0 Å². The molecule has 0 saturated heterocycles. The van der Waals surface area contributed by atoms with Crippen LogP contribution in [0, 0.1) is 5.92 Å². The smallest absolute Gasteiger partial charge is 0.252 e. The normalized spacial score (nSPS) is 23.9. The lowest BCUT2D eigenvalue weighted by Gasteiger charge is -2.28. The van der Waals surface area contributed by atoms with Crippen molar-refractivity contribution in [2.45, 2.75) is 45.1 Å². The monoisotopic (exact) mass is 250 g/mol. The Kier molecular flexibility index (Phi) is 4.36. The average Bonchev–Trinajstić information content (AvgIpc) is 2.37. The van der Waals surface area contributed by atoms with Gasteiger partial charge >= 0.3 is 0 Å². The van der Waals surface area contributed by atoms with Gasteiger partial charge in [-0.3, -0.25) is 4.79 Å². The van der Waals surface area contributed by atoms with E-state index in [9.17, 15) is 4.79 Å². The van der Waals surface area contributed by atoms with Gasteiger partial charge < -0.3 is 16.0 Å². The third kappa shape index (κ3) is 3.32. The molecule has 0 aromatic carbocycles. The van der Waals surface area contributed by atoms with Crippen LogP contribution >= 0.6 is 0 Å². The molecule has 0 aliphatic heterocycles. The lowest BCUT2D eigenvalue weighted by atomic mass is 9.85. The molecule has 1 heterocycles. The maximum absolute atomic E-state index is 11.4. The highest BCUT2D eigenvalue weighted by Crippen LogP contribution is 2.22. The third-order valence-electron chi connectivity index (χ3n) is 3.64. The summed E-state index contributed by atoms with van der Waals surface area (Å²) < 4.78 is 0. The van der Waals surface area contributed by atoms with Crippen molar-refractivity contribution in [3.63, 3.8) is 0 Å². The summed E-state index contributed by atoms with van der Waals surface area (Å²) in [6.07, 6.45) is 5.49. The number of rotatable bonds is 4. The van der Waals surface area contributed by atoms with Crippen LogP contribution in [0.4, 0.5) is 5.82 Å². The largest absolute Gasteiger partial charge is 0.370 e. The van der Waals surface area contributed by atoms with Gasteiger partial charge in [0, 0.05) is 25.1 Å². The first-order chi connectivity index (χ1) is 8.69. The van der Waals surface area contributed by atoms with Gasteiger partial charge in [-0.2, -0.15) is 0 Å². The third-order valence-corrected chi connectivity index (χ3v) is 3.64. The number of nitrogens with one attached hydrogen (secondary N) is 2. The summed E-state index contributed by atoms with van der Waals surface area (Å²) in [5.74, 6) is 1.87. The van der Waals surface area contributed by atoms with E-state index in [1.807, 2.05) is 6.92 Å². The molecule has 1 aliphatic rings. The van der Waals surface area contributed by atoms with Crippen LogP contribution in [0.5, 0.6) is 0 Å². The molecular formula is C13H22N4O.